The quantitative estimate of drug-likeness (QED) is 0.374. The van der Waals surface area contributed by atoms with Crippen molar-refractivity contribution in [1.29, 1.82) is 0 Å². The molecule has 0 aliphatic heterocycles. The van der Waals surface area contributed by atoms with Gasteiger partial charge in [0, 0.05) is 0 Å². The van der Waals surface area contributed by atoms with Gasteiger partial charge in [-0.2, -0.15) is 0 Å². The second-order valence-corrected chi connectivity index (χ2v) is 22.2. The van der Waals surface area contributed by atoms with E-state index in [1.807, 2.05) is 8.95 Å². The molecule has 138 valence electrons. The molecule has 0 radical (unpaired) electrons. The van der Waals surface area contributed by atoms with Crippen molar-refractivity contribution in [2.24, 2.45) is 0 Å². The molecule has 0 aliphatic carbocycles. The maximum atomic E-state index is 5.96. The van der Waals surface area contributed by atoms with Crippen molar-refractivity contribution >= 4 is 53.2 Å². The monoisotopic (exact) mass is 499 g/mol. The number of thiocarbonyl (C=S) groups is 1. The van der Waals surface area contributed by atoms with E-state index < -0.39 is 17.0 Å². The van der Waals surface area contributed by atoms with E-state index in [0.29, 0.717) is 0 Å². The Morgan fingerprint density at radius 3 is 1.33 bits per heavy atom. The minimum atomic E-state index is -3.35. The summed E-state index contributed by atoms with van der Waals surface area (Å²) in [5.41, 5.74) is 0. The third-order valence-electron chi connectivity index (χ3n) is 4.80. The normalized spacial score (nSPS) is 11.2. The van der Waals surface area contributed by atoms with Gasteiger partial charge < -0.3 is 0 Å². The molecule has 3 aromatic carbocycles. The number of hydrogen-bond acceptors (Lipinski definition) is 2. The molecule has 0 bridgehead atoms. The van der Waals surface area contributed by atoms with E-state index in [1.54, 1.807) is 0 Å². The van der Waals surface area contributed by atoms with E-state index in [1.165, 1.54) is 10.7 Å². The maximum absolute atomic E-state index is 5.96. The summed E-state index contributed by atoms with van der Waals surface area (Å²) in [5, 5.41) is 0. The van der Waals surface area contributed by atoms with Gasteiger partial charge in [-0.25, -0.2) is 0 Å². The molecule has 0 atom stereocenters. The standard InChI is InChI=1S/3C6H5.C5H11NS2.Sn/c3*1-2-4-6-5-3-1;1-3-6(4-2)5(7)8;/h3*1-5H;3-4H2,1-2H3,(H,7,8);/q;;;;+1/p-1. The Morgan fingerprint density at radius 1 is 0.704 bits per heavy atom. The number of benzene rings is 3. The van der Waals surface area contributed by atoms with Gasteiger partial charge in [0.05, 0.1) is 0 Å². The van der Waals surface area contributed by atoms with Crippen molar-refractivity contribution in [2.45, 2.75) is 13.8 Å². The number of rotatable bonds is 6. The van der Waals surface area contributed by atoms with Crippen LogP contribution in [-0.2, 0) is 0 Å². The molecule has 0 saturated carbocycles. The molecule has 0 spiro atoms. The van der Waals surface area contributed by atoms with Crippen LogP contribution in [0.15, 0.2) is 91.0 Å². The van der Waals surface area contributed by atoms with Gasteiger partial charge in [-0.05, 0) is 0 Å². The molecule has 1 nitrogen and oxygen atoms in total. The molecule has 0 unspecified atom stereocenters. The van der Waals surface area contributed by atoms with Crippen LogP contribution in [0.25, 0.3) is 0 Å². The van der Waals surface area contributed by atoms with Crippen LogP contribution in [0.5, 0.6) is 0 Å². The molecular weight excluding hydrogens is 473 g/mol. The number of hydrogen-bond donors (Lipinski definition) is 0. The molecule has 27 heavy (non-hydrogen) atoms. The summed E-state index contributed by atoms with van der Waals surface area (Å²) in [6.45, 7) is 6.26. The van der Waals surface area contributed by atoms with Crippen LogP contribution in [0, 0.1) is 0 Å². The van der Waals surface area contributed by atoms with Crippen molar-refractivity contribution in [3.63, 3.8) is 0 Å². The molecular formula is C23H25NS2Sn. The first kappa shape index (κ1) is 20.4. The Morgan fingerprint density at radius 2 is 1.04 bits per heavy atom. The van der Waals surface area contributed by atoms with Gasteiger partial charge in [-0.3, -0.25) is 0 Å². The second kappa shape index (κ2) is 9.76. The Labute approximate surface area is 175 Å². The van der Waals surface area contributed by atoms with Gasteiger partial charge in [0.2, 0.25) is 0 Å². The molecule has 0 aromatic heterocycles. The Kier molecular flexibility index (Phi) is 7.39. The van der Waals surface area contributed by atoms with Gasteiger partial charge in [0.15, 0.2) is 0 Å². The van der Waals surface area contributed by atoms with E-state index in [4.69, 9.17) is 12.2 Å². The molecule has 0 heterocycles. The van der Waals surface area contributed by atoms with Crippen molar-refractivity contribution in [3.05, 3.63) is 91.0 Å². The third kappa shape index (κ3) is 4.41. The third-order valence-corrected chi connectivity index (χ3v) is 26.2. The Balaban J connectivity index is 2.24. The van der Waals surface area contributed by atoms with Crippen LogP contribution in [-0.4, -0.2) is 39.3 Å². The minimum absolute atomic E-state index is 0.947. The number of nitrogens with zero attached hydrogens (tertiary/aromatic N) is 1. The molecule has 0 fully saturated rings. The second-order valence-electron chi connectivity index (χ2n) is 6.32. The summed E-state index contributed by atoms with van der Waals surface area (Å²) in [4.78, 5) is 2.31. The van der Waals surface area contributed by atoms with Crippen molar-refractivity contribution in [1.82, 2.24) is 4.90 Å². The molecule has 0 amide bonds. The molecule has 0 N–H and O–H groups in total. The van der Waals surface area contributed by atoms with Crippen LogP contribution < -0.4 is 10.7 Å². The fourth-order valence-electron chi connectivity index (χ4n) is 3.37. The SMILES string of the molecule is CCN(CC)C(=S)[S][Sn]([c]1ccccc1)([c]1ccccc1)[c]1ccccc1. The predicted molar refractivity (Wildman–Crippen MR) is 127 cm³/mol. The van der Waals surface area contributed by atoms with Crippen molar-refractivity contribution < 1.29 is 0 Å². The zero-order chi connectivity index (χ0) is 19.1. The van der Waals surface area contributed by atoms with E-state index in [0.717, 1.165) is 17.4 Å². The van der Waals surface area contributed by atoms with Crippen LogP contribution in [0.3, 0.4) is 0 Å². The van der Waals surface area contributed by atoms with Gasteiger partial charge in [0.1, 0.15) is 0 Å². The van der Waals surface area contributed by atoms with Crippen LogP contribution in [0.2, 0.25) is 0 Å². The topological polar surface area (TPSA) is 3.24 Å². The first-order valence-corrected chi connectivity index (χ1v) is 18.4. The molecule has 0 saturated heterocycles. The zero-order valence-corrected chi connectivity index (χ0v) is 20.3. The van der Waals surface area contributed by atoms with E-state index in [-0.39, 0.29) is 0 Å². The van der Waals surface area contributed by atoms with Crippen LogP contribution in [0.4, 0.5) is 0 Å². The van der Waals surface area contributed by atoms with Crippen LogP contribution >= 0.6 is 21.2 Å². The van der Waals surface area contributed by atoms with E-state index >= 15 is 0 Å². The molecule has 3 aromatic rings. The predicted octanol–water partition coefficient (Wildman–Crippen LogP) is 4.01. The summed E-state index contributed by atoms with van der Waals surface area (Å²) in [5.74, 6) is 0. The van der Waals surface area contributed by atoms with Gasteiger partial charge >= 0.3 is 176 Å². The first-order valence-electron chi connectivity index (χ1n) is 9.36. The molecule has 4 heteroatoms. The molecule has 0 aliphatic rings. The summed E-state index contributed by atoms with van der Waals surface area (Å²) < 4.78 is 5.36. The molecule has 3 rings (SSSR count). The van der Waals surface area contributed by atoms with Gasteiger partial charge in [-0.15, -0.1) is 0 Å². The van der Waals surface area contributed by atoms with Crippen molar-refractivity contribution in [2.75, 3.05) is 13.1 Å². The van der Waals surface area contributed by atoms with E-state index in [2.05, 4.69) is 110 Å². The summed E-state index contributed by atoms with van der Waals surface area (Å²) >= 11 is 2.61. The van der Waals surface area contributed by atoms with Gasteiger partial charge in [-0.1, -0.05) is 0 Å². The summed E-state index contributed by atoms with van der Waals surface area (Å²) in [7, 11) is 1.98. The summed E-state index contributed by atoms with van der Waals surface area (Å²) in [6, 6.07) is 33.1. The fraction of sp³-hybridized carbons (Fsp3) is 0.174. The average Bonchev–Trinajstić information content (AvgIpc) is 2.75. The van der Waals surface area contributed by atoms with Gasteiger partial charge in [0.25, 0.3) is 0 Å². The average molecular weight is 498 g/mol. The zero-order valence-electron chi connectivity index (χ0n) is 15.8. The fourth-order valence-corrected chi connectivity index (χ4v) is 24.8. The Bertz CT molecular complexity index is 753. The first-order chi connectivity index (χ1) is 13.2. The summed E-state index contributed by atoms with van der Waals surface area (Å²) in [6.07, 6.45) is 0. The Hall–Kier alpha value is -1.30. The van der Waals surface area contributed by atoms with E-state index in [9.17, 15) is 0 Å². The van der Waals surface area contributed by atoms with Crippen LogP contribution in [0.1, 0.15) is 13.8 Å². The van der Waals surface area contributed by atoms with Crippen molar-refractivity contribution in [3.8, 4) is 0 Å².